The Morgan fingerprint density at radius 3 is 2.77 bits per heavy atom. The van der Waals surface area contributed by atoms with Crippen LogP contribution in [-0.4, -0.2) is 46.3 Å². The first-order valence-corrected chi connectivity index (χ1v) is 11.5. The number of alkyl halides is 3. The molecule has 1 aromatic heterocycles. The van der Waals surface area contributed by atoms with Crippen molar-refractivity contribution in [3.8, 4) is 0 Å². The summed E-state index contributed by atoms with van der Waals surface area (Å²) in [7, 11) is 0. The minimum atomic E-state index is -4.80. The maximum atomic E-state index is 14.2. The molecule has 35 heavy (non-hydrogen) atoms. The summed E-state index contributed by atoms with van der Waals surface area (Å²) in [5, 5.41) is 10.5. The quantitative estimate of drug-likeness (QED) is 0.522. The van der Waals surface area contributed by atoms with Crippen LogP contribution >= 0.6 is 0 Å². The third-order valence-corrected chi connectivity index (χ3v) is 5.97. The van der Waals surface area contributed by atoms with Crippen molar-refractivity contribution in [3.63, 3.8) is 0 Å². The molecule has 12 heteroatoms. The van der Waals surface area contributed by atoms with Gasteiger partial charge >= 0.3 is 12.3 Å². The highest BCUT2D eigenvalue weighted by atomic mass is 19.4. The van der Waals surface area contributed by atoms with Crippen LogP contribution in [0.2, 0.25) is 0 Å². The number of amides is 1. The average Bonchev–Trinajstić information content (AvgIpc) is 3.30. The summed E-state index contributed by atoms with van der Waals surface area (Å²) in [4.78, 5) is 27.1. The predicted octanol–water partition coefficient (Wildman–Crippen LogP) is 3.95. The Bertz CT molecular complexity index is 1060. The molecule has 3 heterocycles. The molecule has 4 rings (SSSR count). The zero-order valence-electron chi connectivity index (χ0n) is 19.5. The van der Waals surface area contributed by atoms with Crippen LogP contribution < -0.4 is 16.0 Å². The summed E-state index contributed by atoms with van der Waals surface area (Å²) < 4.78 is 53.2. The molecular weight excluding hydrogens is 468 g/mol. The minimum Gasteiger partial charge on any atom is -0.352 e. The van der Waals surface area contributed by atoms with Gasteiger partial charge in [0.05, 0.1) is 23.8 Å². The molecule has 0 unspecified atom stereocenters. The number of rotatable bonds is 6. The number of fused-ring (bicyclic) bond motifs is 1. The van der Waals surface area contributed by atoms with E-state index in [2.05, 4.69) is 25.9 Å². The van der Waals surface area contributed by atoms with Gasteiger partial charge in [-0.25, -0.2) is 19.2 Å². The average molecular weight is 497 g/mol. The number of benzene rings is 1. The van der Waals surface area contributed by atoms with Gasteiger partial charge in [0.15, 0.2) is 0 Å². The number of nitrogens with one attached hydrogen (secondary N) is 3. The number of carbonyl (C=O) groups is 1. The van der Waals surface area contributed by atoms with Crippen LogP contribution in [0.1, 0.15) is 55.1 Å². The highest BCUT2D eigenvalue weighted by molar-refractivity contribution is 5.67. The molecule has 1 amide bonds. The summed E-state index contributed by atoms with van der Waals surface area (Å²) >= 11 is 0. The van der Waals surface area contributed by atoms with Crippen molar-refractivity contribution in [3.05, 3.63) is 52.6 Å². The van der Waals surface area contributed by atoms with Crippen LogP contribution in [0.4, 0.5) is 28.3 Å². The third kappa shape index (κ3) is 6.17. The van der Waals surface area contributed by atoms with Crippen molar-refractivity contribution >= 4 is 12.0 Å². The van der Waals surface area contributed by atoms with E-state index in [1.165, 1.54) is 11.1 Å². The summed E-state index contributed by atoms with van der Waals surface area (Å²) in [6, 6.07) is 1.84. The normalized spacial score (nSPS) is 19.3. The Morgan fingerprint density at radius 1 is 1.31 bits per heavy atom. The van der Waals surface area contributed by atoms with Gasteiger partial charge in [-0.3, -0.25) is 0 Å². The summed E-state index contributed by atoms with van der Waals surface area (Å²) in [5.74, 6) is -0.895. The standard InChI is InChI=1S/C23H28F4N6O2/c1-13(2)30-21-29-11-15-7-9-33(12-19(15)31-21)35-22(34)32-20(18-4-3-8-28-18)14-5-6-16(17(24)10-14)23(25,26)27/h5-6,10-11,13,18,20,28H,3-4,7-9,12H2,1-2H3,(H,32,34)(H,29,30,31)/t18-,20-/m0/s1. The van der Waals surface area contributed by atoms with Crippen LogP contribution in [0.25, 0.3) is 0 Å². The van der Waals surface area contributed by atoms with Gasteiger partial charge in [-0.15, -0.1) is 5.06 Å². The summed E-state index contributed by atoms with van der Waals surface area (Å²) in [6.07, 6.45) is -1.73. The SMILES string of the molecule is CC(C)Nc1ncc2c(n1)CN(OC(=O)N[C@@H](c1ccc(C(F)(F)F)c(F)c1)[C@@H]1CCCN1)CC2. The topological polar surface area (TPSA) is 91.4 Å². The van der Waals surface area contributed by atoms with Gasteiger partial charge in [-0.1, -0.05) is 6.07 Å². The van der Waals surface area contributed by atoms with Crippen LogP contribution in [-0.2, 0) is 24.0 Å². The van der Waals surface area contributed by atoms with Gasteiger partial charge in [0.1, 0.15) is 5.82 Å². The molecule has 190 valence electrons. The molecule has 1 fully saturated rings. The van der Waals surface area contributed by atoms with Gasteiger partial charge in [0, 0.05) is 24.8 Å². The maximum Gasteiger partial charge on any atom is 0.426 e. The number of halogens is 4. The summed E-state index contributed by atoms with van der Waals surface area (Å²) in [5.41, 5.74) is 0.587. The Morgan fingerprint density at radius 2 is 2.11 bits per heavy atom. The molecule has 2 aliphatic heterocycles. The van der Waals surface area contributed by atoms with E-state index < -0.39 is 29.7 Å². The zero-order chi connectivity index (χ0) is 25.2. The van der Waals surface area contributed by atoms with Gasteiger partial charge in [-0.05, 0) is 62.9 Å². The van der Waals surface area contributed by atoms with E-state index in [1.54, 1.807) is 6.20 Å². The monoisotopic (exact) mass is 496 g/mol. The number of carbonyl (C=O) groups excluding carboxylic acids is 1. The minimum absolute atomic E-state index is 0.158. The maximum absolute atomic E-state index is 14.2. The largest absolute Gasteiger partial charge is 0.426 e. The van der Waals surface area contributed by atoms with E-state index in [0.29, 0.717) is 37.9 Å². The lowest BCUT2D eigenvalue weighted by molar-refractivity contribution is -0.140. The third-order valence-electron chi connectivity index (χ3n) is 5.97. The molecule has 3 N–H and O–H groups in total. The zero-order valence-corrected chi connectivity index (χ0v) is 19.5. The lowest BCUT2D eigenvalue weighted by atomic mass is 9.96. The molecule has 0 bridgehead atoms. The van der Waals surface area contributed by atoms with Crippen molar-refractivity contribution in [2.75, 3.05) is 18.4 Å². The molecular formula is C23H28F4N6O2. The van der Waals surface area contributed by atoms with Crippen molar-refractivity contribution in [1.82, 2.24) is 25.7 Å². The van der Waals surface area contributed by atoms with Crippen molar-refractivity contribution < 1.29 is 27.2 Å². The molecule has 0 aliphatic carbocycles. The lowest BCUT2D eigenvalue weighted by Crippen LogP contribution is -2.44. The van der Waals surface area contributed by atoms with Gasteiger partial charge in [0.25, 0.3) is 0 Å². The number of aromatic nitrogens is 2. The molecule has 2 aliphatic rings. The summed E-state index contributed by atoms with van der Waals surface area (Å²) in [6.45, 7) is 5.33. The van der Waals surface area contributed by atoms with Gasteiger partial charge in [-0.2, -0.15) is 13.2 Å². The fourth-order valence-corrected chi connectivity index (χ4v) is 4.32. The van der Waals surface area contributed by atoms with Crippen LogP contribution in [0, 0.1) is 5.82 Å². The van der Waals surface area contributed by atoms with E-state index in [-0.39, 0.29) is 24.2 Å². The van der Waals surface area contributed by atoms with E-state index in [4.69, 9.17) is 4.84 Å². The van der Waals surface area contributed by atoms with Crippen LogP contribution in [0.3, 0.4) is 0 Å². The van der Waals surface area contributed by atoms with E-state index in [9.17, 15) is 22.4 Å². The highest BCUT2D eigenvalue weighted by Gasteiger charge is 2.36. The molecule has 1 aromatic carbocycles. The number of hydrogen-bond donors (Lipinski definition) is 3. The van der Waals surface area contributed by atoms with E-state index in [0.717, 1.165) is 23.7 Å². The van der Waals surface area contributed by atoms with Gasteiger partial charge in [0.2, 0.25) is 5.95 Å². The predicted molar refractivity (Wildman–Crippen MR) is 120 cm³/mol. The second-order valence-corrected chi connectivity index (χ2v) is 9.02. The van der Waals surface area contributed by atoms with E-state index in [1.807, 2.05) is 13.8 Å². The number of hydroxylamine groups is 2. The van der Waals surface area contributed by atoms with Gasteiger partial charge < -0.3 is 20.8 Å². The first-order chi connectivity index (χ1) is 16.6. The molecule has 0 spiro atoms. The fraction of sp³-hybridized carbons (Fsp3) is 0.522. The second kappa shape index (κ2) is 10.3. The number of anilines is 1. The first kappa shape index (κ1) is 25.1. The first-order valence-electron chi connectivity index (χ1n) is 11.5. The smallest absolute Gasteiger partial charge is 0.352 e. The molecule has 8 nitrogen and oxygen atoms in total. The Balaban J connectivity index is 1.45. The Hall–Kier alpha value is -2.99. The fourth-order valence-electron chi connectivity index (χ4n) is 4.32. The number of hydrogen-bond acceptors (Lipinski definition) is 7. The van der Waals surface area contributed by atoms with Crippen molar-refractivity contribution in [2.24, 2.45) is 0 Å². The molecule has 0 saturated carbocycles. The Labute approximate surface area is 200 Å². The Kier molecular flexibility index (Phi) is 7.41. The lowest BCUT2D eigenvalue weighted by Gasteiger charge is -2.29. The van der Waals surface area contributed by atoms with Crippen molar-refractivity contribution in [2.45, 2.75) is 64.0 Å². The highest BCUT2D eigenvalue weighted by Crippen LogP contribution is 2.33. The molecule has 1 saturated heterocycles. The second-order valence-electron chi connectivity index (χ2n) is 9.02. The molecule has 0 radical (unpaired) electrons. The van der Waals surface area contributed by atoms with Crippen LogP contribution in [0.15, 0.2) is 24.4 Å². The number of nitrogens with zero attached hydrogens (tertiary/aromatic N) is 3. The molecule has 2 aromatic rings. The van der Waals surface area contributed by atoms with Crippen LogP contribution in [0.5, 0.6) is 0 Å². The van der Waals surface area contributed by atoms with E-state index >= 15 is 0 Å². The molecule has 2 atom stereocenters. The van der Waals surface area contributed by atoms with Crippen molar-refractivity contribution in [1.29, 1.82) is 0 Å².